The van der Waals surface area contributed by atoms with E-state index in [-0.39, 0.29) is 17.9 Å². The van der Waals surface area contributed by atoms with Gasteiger partial charge in [0.05, 0.1) is 0 Å². The van der Waals surface area contributed by atoms with Crippen LogP contribution in [0.15, 0.2) is 36.9 Å². The van der Waals surface area contributed by atoms with E-state index in [1.807, 2.05) is 0 Å². The summed E-state index contributed by atoms with van der Waals surface area (Å²) in [5.74, 6) is 0.276. The molecular formula is C17H22N2O2. The fraction of sp³-hybridized carbons (Fsp3) is 0.412. The number of nitrogens with one attached hydrogen (secondary N) is 2. The monoisotopic (exact) mass is 286 g/mol. The van der Waals surface area contributed by atoms with Crippen molar-refractivity contribution in [1.82, 2.24) is 5.32 Å². The second-order valence-electron chi connectivity index (χ2n) is 5.58. The Labute approximate surface area is 125 Å². The van der Waals surface area contributed by atoms with Crippen LogP contribution in [0.4, 0.5) is 5.69 Å². The number of hydrogen-bond acceptors (Lipinski definition) is 2. The van der Waals surface area contributed by atoms with Crippen LogP contribution >= 0.6 is 0 Å². The number of anilines is 1. The second kappa shape index (κ2) is 7.07. The zero-order valence-corrected chi connectivity index (χ0v) is 12.4. The zero-order valence-electron chi connectivity index (χ0n) is 12.4. The van der Waals surface area contributed by atoms with Crippen LogP contribution in [-0.2, 0) is 4.79 Å². The Balaban J connectivity index is 1.92. The summed E-state index contributed by atoms with van der Waals surface area (Å²) in [6.45, 7) is 5.47. The van der Waals surface area contributed by atoms with E-state index < -0.39 is 0 Å². The fourth-order valence-corrected chi connectivity index (χ4v) is 2.76. The van der Waals surface area contributed by atoms with Crippen molar-refractivity contribution in [2.75, 3.05) is 5.32 Å². The van der Waals surface area contributed by atoms with Crippen molar-refractivity contribution >= 4 is 17.5 Å². The van der Waals surface area contributed by atoms with Crippen molar-refractivity contribution < 1.29 is 9.59 Å². The maximum absolute atomic E-state index is 12.2. The molecule has 2 amide bonds. The fourth-order valence-electron chi connectivity index (χ4n) is 2.76. The standard InChI is InChI=1S/C17H22N2O2/c1-3-16(20)19-15-10-8-14(9-11-15)17(21)18-12(2)13-6-4-5-7-13/h3,8-13H,1,4-7H2,2H3,(H,18,21)(H,19,20). The molecule has 1 atom stereocenters. The third-order valence-electron chi connectivity index (χ3n) is 4.07. The summed E-state index contributed by atoms with van der Waals surface area (Å²) in [7, 11) is 0. The molecule has 1 unspecified atom stereocenters. The third-order valence-corrected chi connectivity index (χ3v) is 4.07. The lowest BCUT2D eigenvalue weighted by Crippen LogP contribution is -2.37. The molecule has 1 saturated carbocycles. The van der Waals surface area contributed by atoms with Crippen LogP contribution in [0.1, 0.15) is 43.0 Å². The number of benzene rings is 1. The van der Waals surface area contributed by atoms with Gasteiger partial charge in [-0.15, -0.1) is 0 Å². The van der Waals surface area contributed by atoms with Crippen molar-refractivity contribution in [2.24, 2.45) is 5.92 Å². The van der Waals surface area contributed by atoms with Gasteiger partial charge in [0.2, 0.25) is 5.91 Å². The first-order valence-electron chi connectivity index (χ1n) is 7.44. The first-order valence-corrected chi connectivity index (χ1v) is 7.44. The lowest BCUT2D eigenvalue weighted by molar-refractivity contribution is -0.111. The molecule has 0 radical (unpaired) electrons. The average molecular weight is 286 g/mol. The maximum atomic E-state index is 12.2. The largest absolute Gasteiger partial charge is 0.349 e. The molecular weight excluding hydrogens is 264 g/mol. The summed E-state index contributed by atoms with van der Waals surface area (Å²) in [4.78, 5) is 23.4. The predicted molar refractivity (Wildman–Crippen MR) is 84.2 cm³/mol. The first kappa shape index (κ1) is 15.3. The highest BCUT2D eigenvalue weighted by molar-refractivity contribution is 5.99. The molecule has 1 aromatic rings. The minimum atomic E-state index is -0.262. The molecule has 112 valence electrons. The summed E-state index contributed by atoms with van der Waals surface area (Å²) in [6.07, 6.45) is 6.15. The summed E-state index contributed by atoms with van der Waals surface area (Å²) in [6, 6.07) is 7.08. The molecule has 0 heterocycles. The van der Waals surface area contributed by atoms with E-state index in [2.05, 4.69) is 24.1 Å². The van der Waals surface area contributed by atoms with E-state index in [0.29, 0.717) is 17.2 Å². The van der Waals surface area contributed by atoms with Gasteiger partial charge in [0, 0.05) is 17.3 Å². The van der Waals surface area contributed by atoms with Crippen LogP contribution in [0.2, 0.25) is 0 Å². The van der Waals surface area contributed by atoms with Gasteiger partial charge in [0.25, 0.3) is 5.91 Å². The van der Waals surface area contributed by atoms with E-state index >= 15 is 0 Å². The normalized spacial score (nSPS) is 16.2. The Bertz CT molecular complexity index is 516. The first-order chi connectivity index (χ1) is 10.1. The Morgan fingerprint density at radius 2 is 1.86 bits per heavy atom. The maximum Gasteiger partial charge on any atom is 0.251 e. The highest BCUT2D eigenvalue weighted by Crippen LogP contribution is 2.27. The molecule has 4 nitrogen and oxygen atoms in total. The molecule has 2 rings (SSSR count). The van der Waals surface area contributed by atoms with Gasteiger partial charge in [-0.1, -0.05) is 19.4 Å². The molecule has 21 heavy (non-hydrogen) atoms. The van der Waals surface area contributed by atoms with Crippen LogP contribution in [0.3, 0.4) is 0 Å². The molecule has 0 aliphatic heterocycles. The molecule has 4 heteroatoms. The molecule has 2 N–H and O–H groups in total. The van der Waals surface area contributed by atoms with Crippen molar-refractivity contribution in [3.8, 4) is 0 Å². The van der Waals surface area contributed by atoms with Gasteiger partial charge in [0.1, 0.15) is 0 Å². The van der Waals surface area contributed by atoms with Gasteiger partial charge in [-0.25, -0.2) is 0 Å². The highest BCUT2D eigenvalue weighted by Gasteiger charge is 2.23. The number of carbonyl (C=O) groups excluding carboxylic acids is 2. The van der Waals surface area contributed by atoms with Gasteiger partial charge in [-0.3, -0.25) is 9.59 Å². The molecule has 1 fully saturated rings. The van der Waals surface area contributed by atoms with Gasteiger partial charge < -0.3 is 10.6 Å². The highest BCUT2D eigenvalue weighted by atomic mass is 16.2. The van der Waals surface area contributed by atoms with Crippen LogP contribution in [0.25, 0.3) is 0 Å². The minimum absolute atomic E-state index is 0.0593. The van der Waals surface area contributed by atoms with Crippen LogP contribution in [-0.4, -0.2) is 17.9 Å². The van der Waals surface area contributed by atoms with Gasteiger partial charge in [-0.05, 0) is 56.0 Å². The zero-order chi connectivity index (χ0) is 15.2. The van der Waals surface area contributed by atoms with E-state index in [1.54, 1.807) is 24.3 Å². The van der Waals surface area contributed by atoms with E-state index in [9.17, 15) is 9.59 Å². The van der Waals surface area contributed by atoms with Crippen molar-refractivity contribution in [3.63, 3.8) is 0 Å². The Morgan fingerprint density at radius 3 is 2.43 bits per heavy atom. The second-order valence-corrected chi connectivity index (χ2v) is 5.58. The number of carbonyl (C=O) groups is 2. The molecule has 0 saturated heterocycles. The quantitative estimate of drug-likeness (QED) is 0.817. The van der Waals surface area contributed by atoms with Crippen LogP contribution < -0.4 is 10.6 Å². The molecule has 0 spiro atoms. The van der Waals surface area contributed by atoms with E-state index in [1.165, 1.54) is 31.8 Å². The molecule has 1 aliphatic rings. The Hall–Kier alpha value is -2.10. The Kier molecular flexibility index (Phi) is 5.14. The number of rotatable bonds is 5. The van der Waals surface area contributed by atoms with Crippen LogP contribution in [0, 0.1) is 5.92 Å². The molecule has 1 aliphatic carbocycles. The topological polar surface area (TPSA) is 58.2 Å². The summed E-state index contributed by atoms with van der Waals surface area (Å²) < 4.78 is 0. The molecule has 0 bridgehead atoms. The van der Waals surface area contributed by atoms with E-state index in [0.717, 1.165) is 0 Å². The molecule has 0 aromatic heterocycles. The SMILES string of the molecule is C=CC(=O)Nc1ccc(C(=O)NC(C)C2CCCC2)cc1. The average Bonchev–Trinajstić information content (AvgIpc) is 3.02. The predicted octanol–water partition coefficient (Wildman–Crippen LogP) is 3.12. The van der Waals surface area contributed by atoms with E-state index in [4.69, 9.17) is 0 Å². The third kappa shape index (κ3) is 4.18. The molecule has 1 aromatic carbocycles. The van der Waals surface area contributed by atoms with Crippen LogP contribution in [0.5, 0.6) is 0 Å². The lowest BCUT2D eigenvalue weighted by Gasteiger charge is -2.20. The van der Waals surface area contributed by atoms with Gasteiger partial charge in [0.15, 0.2) is 0 Å². The van der Waals surface area contributed by atoms with Gasteiger partial charge in [-0.2, -0.15) is 0 Å². The number of amides is 2. The van der Waals surface area contributed by atoms with Gasteiger partial charge >= 0.3 is 0 Å². The Morgan fingerprint density at radius 1 is 1.24 bits per heavy atom. The summed E-state index contributed by atoms with van der Waals surface area (Å²) >= 11 is 0. The van der Waals surface area contributed by atoms with Crippen molar-refractivity contribution in [2.45, 2.75) is 38.6 Å². The smallest absolute Gasteiger partial charge is 0.251 e. The van der Waals surface area contributed by atoms with Crippen molar-refractivity contribution in [3.05, 3.63) is 42.5 Å². The summed E-state index contributed by atoms with van der Waals surface area (Å²) in [5.41, 5.74) is 1.26. The minimum Gasteiger partial charge on any atom is -0.349 e. The summed E-state index contributed by atoms with van der Waals surface area (Å²) in [5, 5.41) is 5.72. The number of hydrogen-bond donors (Lipinski definition) is 2. The lowest BCUT2D eigenvalue weighted by atomic mass is 9.99. The van der Waals surface area contributed by atoms with Crippen molar-refractivity contribution in [1.29, 1.82) is 0 Å².